The average molecular weight is 273 g/mol. The topological polar surface area (TPSA) is 75.4 Å². The Morgan fingerprint density at radius 2 is 2.00 bits per heavy atom. The van der Waals surface area contributed by atoms with Crippen LogP contribution in [0, 0.1) is 0 Å². The Balaban J connectivity index is 1.98. The highest BCUT2D eigenvalue weighted by molar-refractivity contribution is 5.96. The third-order valence-electron chi connectivity index (χ3n) is 3.56. The van der Waals surface area contributed by atoms with Crippen LogP contribution in [0.5, 0.6) is 0 Å². The van der Waals surface area contributed by atoms with Gasteiger partial charge in [0.05, 0.1) is 6.04 Å². The lowest BCUT2D eigenvalue weighted by molar-refractivity contribution is -0.124. The van der Waals surface area contributed by atoms with Gasteiger partial charge in [-0.2, -0.15) is 0 Å². The SMILES string of the molecule is C[C@H](C(=O)NC(N)=O)N1CC=C(c2ccccc2)CC1. The molecular weight excluding hydrogens is 254 g/mol. The van der Waals surface area contributed by atoms with E-state index in [1.165, 1.54) is 11.1 Å². The fourth-order valence-corrected chi connectivity index (χ4v) is 2.34. The van der Waals surface area contributed by atoms with Gasteiger partial charge in [-0.3, -0.25) is 15.0 Å². The summed E-state index contributed by atoms with van der Waals surface area (Å²) in [4.78, 5) is 24.4. The van der Waals surface area contributed by atoms with Crippen molar-refractivity contribution in [2.24, 2.45) is 5.73 Å². The first kappa shape index (κ1) is 14.3. The number of nitrogens with two attached hydrogens (primary N) is 1. The summed E-state index contributed by atoms with van der Waals surface area (Å²) in [5, 5.41) is 2.12. The lowest BCUT2D eigenvalue weighted by Crippen LogP contribution is -2.49. The van der Waals surface area contributed by atoms with Crippen LogP contribution in [0.15, 0.2) is 36.4 Å². The van der Waals surface area contributed by atoms with Crippen LogP contribution in [0.2, 0.25) is 0 Å². The summed E-state index contributed by atoms with van der Waals surface area (Å²) < 4.78 is 0. The van der Waals surface area contributed by atoms with Gasteiger partial charge in [-0.15, -0.1) is 0 Å². The number of amides is 3. The number of primary amides is 1. The third kappa shape index (κ3) is 3.45. The number of benzene rings is 1. The molecule has 0 bridgehead atoms. The molecule has 20 heavy (non-hydrogen) atoms. The monoisotopic (exact) mass is 273 g/mol. The molecule has 5 heteroatoms. The molecule has 0 spiro atoms. The van der Waals surface area contributed by atoms with Crippen LogP contribution in [-0.2, 0) is 4.79 Å². The van der Waals surface area contributed by atoms with E-state index in [0.717, 1.165) is 13.0 Å². The maximum Gasteiger partial charge on any atom is 0.318 e. The standard InChI is InChI=1S/C15H19N3O2/c1-11(14(19)17-15(16)20)18-9-7-13(8-10-18)12-5-3-2-4-6-12/h2-7,11H,8-10H2,1H3,(H3,16,17,19,20)/t11-/m1/s1. The molecule has 106 valence electrons. The third-order valence-corrected chi connectivity index (χ3v) is 3.56. The fraction of sp³-hybridized carbons (Fsp3) is 0.333. The number of urea groups is 1. The van der Waals surface area contributed by atoms with Crippen molar-refractivity contribution in [1.82, 2.24) is 10.2 Å². The largest absolute Gasteiger partial charge is 0.351 e. The van der Waals surface area contributed by atoms with Gasteiger partial charge in [-0.25, -0.2) is 4.79 Å². The zero-order chi connectivity index (χ0) is 14.5. The molecule has 0 unspecified atom stereocenters. The molecule has 0 saturated heterocycles. The zero-order valence-electron chi connectivity index (χ0n) is 11.5. The number of carbonyl (C=O) groups excluding carboxylic acids is 2. The Labute approximate surface area is 118 Å². The Morgan fingerprint density at radius 3 is 2.55 bits per heavy atom. The van der Waals surface area contributed by atoms with Gasteiger partial charge in [0.2, 0.25) is 5.91 Å². The molecule has 0 fully saturated rings. The number of carbonyl (C=O) groups is 2. The molecule has 2 rings (SSSR count). The molecule has 1 heterocycles. The quantitative estimate of drug-likeness (QED) is 0.873. The molecule has 1 aliphatic heterocycles. The molecular formula is C15H19N3O2. The number of hydrogen-bond acceptors (Lipinski definition) is 3. The predicted molar refractivity (Wildman–Crippen MR) is 77.8 cm³/mol. The van der Waals surface area contributed by atoms with Crippen LogP contribution < -0.4 is 11.1 Å². The summed E-state index contributed by atoms with van der Waals surface area (Å²) in [6.45, 7) is 3.26. The van der Waals surface area contributed by atoms with E-state index in [4.69, 9.17) is 5.73 Å². The number of rotatable bonds is 3. The summed E-state index contributed by atoms with van der Waals surface area (Å²) in [6.07, 6.45) is 3.02. The normalized spacial score (nSPS) is 17.1. The van der Waals surface area contributed by atoms with Crippen LogP contribution >= 0.6 is 0 Å². The van der Waals surface area contributed by atoms with Gasteiger partial charge in [0, 0.05) is 13.1 Å². The molecule has 3 amide bonds. The van der Waals surface area contributed by atoms with Crippen LogP contribution in [0.4, 0.5) is 4.79 Å². The first-order valence-corrected chi connectivity index (χ1v) is 6.66. The Morgan fingerprint density at radius 1 is 1.30 bits per heavy atom. The minimum absolute atomic E-state index is 0.353. The zero-order valence-corrected chi connectivity index (χ0v) is 11.5. The molecule has 1 atom stereocenters. The lowest BCUT2D eigenvalue weighted by Gasteiger charge is -2.30. The van der Waals surface area contributed by atoms with Gasteiger partial charge in [0.25, 0.3) is 0 Å². The van der Waals surface area contributed by atoms with Crippen molar-refractivity contribution in [3.63, 3.8) is 0 Å². The van der Waals surface area contributed by atoms with Gasteiger partial charge in [0.15, 0.2) is 0 Å². The highest BCUT2D eigenvalue weighted by Crippen LogP contribution is 2.22. The molecule has 0 saturated carbocycles. The van der Waals surface area contributed by atoms with E-state index in [1.54, 1.807) is 6.92 Å². The molecule has 0 aromatic heterocycles. The van der Waals surface area contributed by atoms with Crippen LogP contribution in [0.25, 0.3) is 5.57 Å². The van der Waals surface area contributed by atoms with Crippen molar-refractivity contribution >= 4 is 17.5 Å². The Hall–Kier alpha value is -2.14. The van der Waals surface area contributed by atoms with Crippen LogP contribution in [0.3, 0.4) is 0 Å². The predicted octanol–water partition coefficient (Wildman–Crippen LogP) is 1.36. The Kier molecular flexibility index (Phi) is 4.53. The summed E-state index contributed by atoms with van der Waals surface area (Å²) in [5.74, 6) is -0.353. The number of nitrogens with zero attached hydrogens (tertiary/aromatic N) is 1. The highest BCUT2D eigenvalue weighted by Gasteiger charge is 2.23. The second-order valence-corrected chi connectivity index (χ2v) is 4.87. The van der Waals surface area contributed by atoms with E-state index in [-0.39, 0.29) is 11.9 Å². The minimum Gasteiger partial charge on any atom is -0.351 e. The van der Waals surface area contributed by atoms with Gasteiger partial charge >= 0.3 is 6.03 Å². The summed E-state index contributed by atoms with van der Waals surface area (Å²) in [5.41, 5.74) is 7.48. The fourth-order valence-electron chi connectivity index (χ4n) is 2.34. The van der Waals surface area contributed by atoms with Crippen molar-refractivity contribution in [2.45, 2.75) is 19.4 Å². The van der Waals surface area contributed by atoms with E-state index < -0.39 is 6.03 Å². The summed E-state index contributed by atoms with van der Waals surface area (Å²) in [7, 11) is 0. The average Bonchev–Trinajstić information content (AvgIpc) is 2.47. The molecule has 1 aromatic rings. The highest BCUT2D eigenvalue weighted by atomic mass is 16.2. The number of imide groups is 1. The van der Waals surface area contributed by atoms with Crippen LogP contribution in [0.1, 0.15) is 18.9 Å². The molecule has 1 aromatic carbocycles. The van der Waals surface area contributed by atoms with Crippen molar-refractivity contribution in [2.75, 3.05) is 13.1 Å². The second-order valence-electron chi connectivity index (χ2n) is 4.87. The van der Waals surface area contributed by atoms with Crippen molar-refractivity contribution < 1.29 is 9.59 Å². The second kappa shape index (κ2) is 6.34. The van der Waals surface area contributed by atoms with Crippen molar-refractivity contribution in [3.05, 3.63) is 42.0 Å². The minimum atomic E-state index is -0.806. The van der Waals surface area contributed by atoms with Crippen LogP contribution in [-0.4, -0.2) is 36.0 Å². The van der Waals surface area contributed by atoms with E-state index in [9.17, 15) is 9.59 Å². The van der Waals surface area contributed by atoms with Crippen molar-refractivity contribution in [1.29, 1.82) is 0 Å². The first-order valence-electron chi connectivity index (χ1n) is 6.66. The summed E-state index contributed by atoms with van der Waals surface area (Å²) in [6, 6.07) is 9.04. The molecule has 3 N–H and O–H groups in total. The van der Waals surface area contributed by atoms with E-state index in [2.05, 4.69) is 23.5 Å². The molecule has 0 radical (unpaired) electrons. The van der Waals surface area contributed by atoms with Gasteiger partial charge in [-0.1, -0.05) is 36.4 Å². The van der Waals surface area contributed by atoms with Gasteiger partial charge in [0.1, 0.15) is 0 Å². The maximum absolute atomic E-state index is 11.7. The molecule has 1 aliphatic rings. The summed E-state index contributed by atoms with van der Waals surface area (Å²) >= 11 is 0. The molecule has 0 aliphatic carbocycles. The molecule has 5 nitrogen and oxygen atoms in total. The Bertz CT molecular complexity index is 525. The van der Waals surface area contributed by atoms with E-state index in [0.29, 0.717) is 6.54 Å². The number of nitrogens with one attached hydrogen (secondary N) is 1. The lowest BCUT2D eigenvalue weighted by atomic mass is 9.99. The van der Waals surface area contributed by atoms with E-state index in [1.807, 2.05) is 23.1 Å². The van der Waals surface area contributed by atoms with Crippen molar-refractivity contribution in [3.8, 4) is 0 Å². The van der Waals surface area contributed by atoms with Gasteiger partial charge in [-0.05, 0) is 24.5 Å². The smallest absolute Gasteiger partial charge is 0.318 e. The van der Waals surface area contributed by atoms with Gasteiger partial charge < -0.3 is 5.73 Å². The number of hydrogen-bond donors (Lipinski definition) is 2. The first-order chi connectivity index (χ1) is 9.58. The van der Waals surface area contributed by atoms with E-state index >= 15 is 0 Å². The maximum atomic E-state index is 11.7.